The molecule has 1 atom stereocenters. The van der Waals surface area contributed by atoms with Crippen molar-refractivity contribution in [2.24, 2.45) is 0 Å². The number of halogens is 1. The van der Waals surface area contributed by atoms with Crippen molar-refractivity contribution in [3.8, 4) is 0 Å². The summed E-state index contributed by atoms with van der Waals surface area (Å²) in [6.07, 6.45) is 0. The van der Waals surface area contributed by atoms with Gasteiger partial charge in [0.25, 0.3) is 0 Å². The first-order valence-electron chi connectivity index (χ1n) is 4.80. The van der Waals surface area contributed by atoms with Gasteiger partial charge in [-0.05, 0) is 19.1 Å². The number of anilines is 1. The molecule has 0 spiro atoms. The van der Waals surface area contributed by atoms with Crippen LogP contribution in [0.25, 0.3) is 0 Å². The van der Waals surface area contributed by atoms with Gasteiger partial charge in [0, 0.05) is 16.4 Å². The molecule has 0 aliphatic carbocycles. The van der Waals surface area contributed by atoms with Crippen LogP contribution >= 0.6 is 10.7 Å². The summed E-state index contributed by atoms with van der Waals surface area (Å²) in [5, 5.41) is 2.47. The van der Waals surface area contributed by atoms with E-state index in [0.29, 0.717) is 5.69 Å². The Morgan fingerprint density at radius 2 is 1.75 bits per heavy atom. The minimum absolute atomic E-state index is 0.595. The van der Waals surface area contributed by atoms with Crippen molar-refractivity contribution in [3.05, 3.63) is 29.8 Å². The van der Waals surface area contributed by atoms with Crippen LogP contribution in [0.15, 0.2) is 24.3 Å². The van der Waals surface area contributed by atoms with E-state index >= 15 is 0 Å². The number of hydrogen-bond donors (Lipinski definition) is 2. The quantitative estimate of drug-likeness (QED) is 0.805. The molecular weight excluding hydrogens is 248 g/mol. The summed E-state index contributed by atoms with van der Waals surface area (Å²) in [5.74, 6) is 0. The molecule has 1 rings (SSSR count). The van der Waals surface area contributed by atoms with Crippen LogP contribution in [-0.2, 0) is 10.2 Å². The lowest BCUT2D eigenvalue weighted by Crippen LogP contribution is -2.27. The van der Waals surface area contributed by atoms with E-state index in [4.69, 9.17) is 10.7 Å². The van der Waals surface area contributed by atoms with Gasteiger partial charge in [-0.1, -0.05) is 31.5 Å². The molecule has 1 aromatic rings. The maximum Gasteiger partial charge on any atom is 0.331 e. The Morgan fingerprint density at radius 1 is 1.25 bits per heavy atom. The number of rotatable bonds is 2. The smallest absolute Gasteiger partial charge is 0.307 e. The number of urea groups is 1. The summed E-state index contributed by atoms with van der Waals surface area (Å²) in [4.78, 5) is 11.0. The van der Waals surface area contributed by atoms with E-state index in [9.17, 15) is 9.00 Å². The highest BCUT2D eigenvalue weighted by atomic mass is 35.7. The van der Waals surface area contributed by atoms with Crippen LogP contribution in [0.2, 0.25) is 0 Å². The summed E-state index contributed by atoms with van der Waals surface area (Å²) in [6, 6.07) is 6.60. The molecule has 2 amide bonds. The van der Waals surface area contributed by atoms with Crippen LogP contribution < -0.4 is 10.0 Å². The van der Waals surface area contributed by atoms with Crippen LogP contribution in [0.1, 0.15) is 19.4 Å². The summed E-state index contributed by atoms with van der Waals surface area (Å²) >= 11 is 0. The zero-order valence-electron chi connectivity index (χ0n) is 9.41. The fraction of sp³-hybridized carbons (Fsp3) is 0.300. The second-order valence-electron chi connectivity index (χ2n) is 2.65. The molecule has 0 aliphatic heterocycles. The third kappa shape index (κ3) is 6.42. The van der Waals surface area contributed by atoms with Gasteiger partial charge in [0.05, 0.1) is 0 Å². The van der Waals surface area contributed by atoms with E-state index in [1.165, 1.54) is 0 Å². The van der Waals surface area contributed by atoms with Gasteiger partial charge in [-0.15, -0.1) is 0 Å². The highest BCUT2D eigenvalue weighted by Gasteiger charge is 2.02. The second kappa shape index (κ2) is 8.13. The summed E-state index contributed by atoms with van der Waals surface area (Å²) in [5.41, 5.74) is 1.71. The molecule has 0 aromatic heterocycles. The van der Waals surface area contributed by atoms with Gasteiger partial charge in [0.15, 0.2) is 0 Å². The van der Waals surface area contributed by atoms with Crippen LogP contribution in [-0.4, -0.2) is 10.2 Å². The van der Waals surface area contributed by atoms with Crippen molar-refractivity contribution in [1.82, 2.24) is 4.72 Å². The summed E-state index contributed by atoms with van der Waals surface area (Å²) < 4.78 is 12.4. The minimum atomic E-state index is -1.86. The lowest BCUT2D eigenvalue weighted by atomic mass is 10.2. The largest absolute Gasteiger partial charge is 0.331 e. The van der Waals surface area contributed by atoms with Gasteiger partial charge >= 0.3 is 6.03 Å². The Kier molecular flexibility index (Phi) is 7.58. The third-order valence-corrected chi connectivity index (χ3v) is 2.06. The first-order chi connectivity index (χ1) is 7.58. The van der Waals surface area contributed by atoms with Crippen LogP contribution in [0, 0.1) is 6.92 Å². The van der Waals surface area contributed by atoms with Crippen molar-refractivity contribution in [3.63, 3.8) is 0 Å². The second-order valence-corrected chi connectivity index (χ2v) is 4.14. The molecule has 0 aliphatic rings. The van der Waals surface area contributed by atoms with Gasteiger partial charge in [0.2, 0.25) is 10.2 Å². The van der Waals surface area contributed by atoms with E-state index in [-0.39, 0.29) is 0 Å². The topological polar surface area (TPSA) is 58.2 Å². The van der Waals surface area contributed by atoms with Gasteiger partial charge in [-0.2, -0.15) is 0 Å². The van der Waals surface area contributed by atoms with Gasteiger partial charge < -0.3 is 5.32 Å². The van der Waals surface area contributed by atoms with Crippen molar-refractivity contribution in [2.75, 3.05) is 5.32 Å². The van der Waals surface area contributed by atoms with Crippen LogP contribution in [0.3, 0.4) is 0 Å². The normalized spacial score (nSPS) is 10.8. The Balaban J connectivity index is 0.00000106. The Bertz CT molecular complexity index is 354. The van der Waals surface area contributed by atoms with Crippen molar-refractivity contribution in [2.45, 2.75) is 20.8 Å². The summed E-state index contributed by atoms with van der Waals surface area (Å²) in [6.45, 7) is 5.94. The average Bonchev–Trinajstić information content (AvgIpc) is 2.23. The van der Waals surface area contributed by atoms with E-state index in [2.05, 4.69) is 5.32 Å². The van der Waals surface area contributed by atoms with E-state index in [0.717, 1.165) is 5.56 Å². The first kappa shape index (κ1) is 14.9. The molecule has 0 heterocycles. The lowest BCUT2D eigenvalue weighted by Gasteiger charge is -2.04. The molecule has 4 nitrogen and oxygen atoms in total. The van der Waals surface area contributed by atoms with Gasteiger partial charge in [0.1, 0.15) is 0 Å². The van der Waals surface area contributed by atoms with Crippen LogP contribution in [0.5, 0.6) is 0 Å². The van der Waals surface area contributed by atoms with Crippen molar-refractivity contribution in [1.29, 1.82) is 0 Å². The number of benzene rings is 1. The molecular formula is C10H15ClN2O2S. The summed E-state index contributed by atoms with van der Waals surface area (Å²) in [7, 11) is 3.20. The molecule has 16 heavy (non-hydrogen) atoms. The van der Waals surface area contributed by atoms with Crippen molar-refractivity contribution < 1.29 is 9.00 Å². The predicted octanol–water partition coefficient (Wildman–Crippen LogP) is 2.96. The van der Waals surface area contributed by atoms with Crippen LogP contribution in [0.4, 0.5) is 10.5 Å². The van der Waals surface area contributed by atoms with Crippen molar-refractivity contribution >= 4 is 32.6 Å². The minimum Gasteiger partial charge on any atom is -0.307 e. The molecule has 90 valence electrons. The third-order valence-electron chi connectivity index (χ3n) is 1.48. The number of hydrogen-bond acceptors (Lipinski definition) is 2. The number of aryl methyl sites for hydroxylation is 1. The molecule has 0 fully saturated rings. The molecule has 0 radical (unpaired) electrons. The zero-order chi connectivity index (χ0) is 12.6. The Labute approximate surface area is 102 Å². The maximum atomic E-state index is 11.0. The lowest BCUT2D eigenvalue weighted by molar-refractivity contribution is 0.257. The average molecular weight is 263 g/mol. The van der Waals surface area contributed by atoms with E-state index < -0.39 is 16.2 Å². The number of carbonyl (C=O) groups is 1. The SMILES string of the molecule is CC.Cc1ccc(NC(=O)NS(=O)Cl)cc1. The predicted molar refractivity (Wildman–Crippen MR) is 68.7 cm³/mol. The molecule has 0 saturated carbocycles. The Hall–Kier alpha value is -1.07. The molecule has 1 aromatic carbocycles. The number of nitrogens with one attached hydrogen (secondary N) is 2. The monoisotopic (exact) mass is 262 g/mol. The molecule has 1 unspecified atom stereocenters. The first-order valence-corrected chi connectivity index (χ1v) is 6.78. The standard InChI is InChI=1S/C8H9ClN2O2S.C2H6/c1-6-2-4-7(5-3-6)10-8(12)11-14(9)13;1-2/h2-5H,1H3,(H2,10,11,12);1-2H3. The maximum absolute atomic E-state index is 11.0. The van der Waals surface area contributed by atoms with Gasteiger partial charge in [-0.3, -0.25) is 0 Å². The molecule has 2 N–H and O–H groups in total. The van der Waals surface area contributed by atoms with E-state index in [1.807, 2.05) is 37.6 Å². The number of carbonyl (C=O) groups excluding carboxylic acids is 1. The highest BCUT2D eigenvalue weighted by molar-refractivity contribution is 8.07. The fourth-order valence-electron chi connectivity index (χ4n) is 0.866. The molecule has 0 bridgehead atoms. The fourth-order valence-corrected chi connectivity index (χ4v) is 1.27. The number of amides is 2. The van der Waals surface area contributed by atoms with E-state index in [1.54, 1.807) is 12.1 Å². The Morgan fingerprint density at radius 3 is 2.19 bits per heavy atom. The van der Waals surface area contributed by atoms with Gasteiger partial charge in [-0.25, -0.2) is 13.7 Å². The molecule has 6 heteroatoms. The molecule has 0 saturated heterocycles. The zero-order valence-corrected chi connectivity index (χ0v) is 11.0. The highest BCUT2D eigenvalue weighted by Crippen LogP contribution is 2.08.